The first-order chi connectivity index (χ1) is 11.8. The van der Waals surface area contributed by atoms with Crippen molar-refractivity contribution in [1.82, 2.24) is 24.6 Å². The number of carbonyl (C=O) groups is 1. The van der Waals surface area contributed by atoms with E-state index < -0.39 is 0 Å². The topological polar surface area (TPSA) is 93.2 Å². The lowest BCUT2D eigenvalue weighted by molar-refractivity contribution is 0.0770. The molecule has 0 spiro atoms. The van der Waals surface area contributed by atoms with Crippen LogP contribution in [0.3, 0.4) is 0 Å². The van der Waals surface area contributed by atoms with E-state index >= 15 is 0 Å². The van der Waals surface area contributed by atoms with Crippen molar-refractivity contribution in [3.63, 3.8) is 0 Å². The number of amides is 1. The fraction of sp³-hybridized carbons (Fsp3) is 0.529. The maximum atomic E-state index is 12.8. The first-order valence-electron chi connectivity index (χ1n) is 8.45. The molecule has 3 rings (SSSR count). The molecule has 3 heterocycles. The van der Waals surface area contributed by atoms with Crippen molar-refractivity contribution in [3.8, 4) is 0 Å². The minimum absolute atomic E-state index is 0.153. The number of hydrogen-bond acceptors (Lipinski definition) is 6. The van der Waals surface area contributed by atoms with Crippen molar-refractivity contribution in [2.45, 2.75) is 32.9 Å². The van der Waals surface area contributed by atoms with Gasteiger partial charge in [-0.1, -0.05) is 0 Å². The number of aryl methyl sites for hydroxylation is 2. The summed E-state index contributed by atoms with van der Waals surface area (Å²) in [6.07, 6.45) is 2.79. The van der Waals surface area contributed by atoms with Crippen molar-refractivity contribution < 1.29 is 4.79 Å². The van der Waals surface area contributed by atoms with E-state index in [0.717, 1.165) is 42.3 Å². The van der Waals surface area contributed by atoms with Gasteiger partial charge >= 0.3 is 0 Å². The van der Waals surface area contributed by atoms with Gasteiger partial charge in [0.1, 0.15) is 5.82 Å². The lowest BCUT2D eigenvalue weighted by Crippen LogP contribution is -2.31. The molecule has 2 aromatic heterocycles. The van der Waals surface area contributed by atoms with Gasteiger partial charge in [-0.2, -0.15) is 5.10 Å². The number of aromatic nitrogens is 4. The lowest BCUT2D eigenvalue weighted by atomic mass is 10.2. The van der Waals surface area contributed by atoms with Gasteiger partial charge < -0.3 is 15.5 Å². The highest BCUT2D eigenvalue weighted by Crippen LogP contribution is 2.23. The SMILES string of the molecule is Cc1nc(C(=O)N(C)Cc2ccn(C)n2)nc(N2CC[C@@H](N)C2)c1C. The minimum atomic E-state index is -0.210. The van der Waals surface area contributed by atoms with Crippen LogP contribution >= 0.6 is 0 Å². The summed E-state index contributed by atoms with van der Waals surface area (Å²) in [5.41, 5.74) is 8.66. The monoisotopic (exact) mass is 343 g/mol. The lowest BCUT2D eigenvalue weighted by Gasteiger charge is -2.22. The van der Waals surface area contributed by atoms with Crippen LogP contribution in [-0.2, 0) is 13.6 Å². The molecule has 1 fully saturated rings. The molecule has 2 N–H and O–H groups in total. The van der Waals surface area contributed by atoms with Crippen LogP contribution < -0.4 is 10.6 Å². The molecule has 0 radical (unpaired) electrons. The summed E-state index contributed by atoms with van der Waals surface area (Å²) in [7, 11) is 3.59. The summed E-state index contributed by atoms with van der Waals surface area (Å²) in [6, 6.07) is 2.04. The number of carbonyl (C=O) groups excluding carboxylic acids is 1. The average Bonchev–Trinajstić information content (AvgIpc) is 3.17. The Kier molecular flexibility index (Phi) is 4.71. The van der Waals surface area contributed by atoms with E-state index in [1.807, 2.05) is 33.2 Å². The molecule has 0 aromatic carbocycles. The zero-order valence-electron chi connectivity index (χ0n) is 15.2. The Morgan fingerprint density at radius 1 is 1.40 bits per heavy atom. The van der Waals surface area contributed by atoms with Gasteiger partial charge in [0.2, 0.25) is 5.82 Å². The molecule has 2 aromatic rings. The molecule has 134 valence electrons. The number of nitrogens with zero attached hydrogens (tertiary/aromatic N) is 6. The number of anilines is 1. The second-order valence-corrected chi connectivity index (χ2v) is 6.72. The van der Waals surface area contributed by atoms with E-state index in [-0.39, 0.29) is 17.8 Å². The van der Waals surface area contributed by atoms with E-state index in [0.29, 0.717) is 6.54 Å². The fourth-order valence-electron chi connectivity index (χ4n) is 3.03. The van der Waals surface area contributed by atoms with Crippen molar-refractivity contribution >= 4 is 11.7 Å². The second-order valence-electron chi connectivity index (χ2n) is 6.72. The highest BCUT2D eigenvalue weighted by molar-refractivity contribution is 5.90. The van der Waals surface area contributed by atoms with Gasteiger partial charge in [-0.05, 0) is 26.3 Å². The maximum absolute atomic E-state index is 12.8. The third-order valence-electron chi connectivity index (χ3n) is 4.59. The molecule has 1 aliphatic heterocycles. The van der Waals surface area contributed by atoms with Crippen LogP contribution in [0, 0.1) is 13.8 Å². The normalized spacial score (nSPS) is 17.2. The minimum Gasteiger partial charge on any atom is -0.355 e. The average molecular weight is 343 g/mol. The van der Waals surface area contributed by atoms with Crippen LogP contribution in [0.4, 0.5) is 5.82 Å². The van der Waals surface area contributed by atoms with Gasteiger partial charge in [-0.3, -0.25) is 9.48 Å². The number of hydrogen-bond donors (Lipinski definition) is 1. The fourth-order valence-corrected chi connectivity index (χ4v) is 3.03. The van der Waals surface area contributed by atoms with Crippen LogP contribution in [-0.4, -0.2) is 56.7 Å². The van der Waals surface area contributed by atoms with Crippen LogP contribution in [0.5, 0.6) is 0 Å². The Morgan fingerprint density at radius 2 is 2.16 bits per heavy atom. The van der Waals surface area contributed by atoms with Crippen molar-refractivity contribution in [2.75, 3.05) is 25.0 Å². The first-order valence-corrected chi connectivity index (χ1v) is 8.45. The summed E-state index contributed by atoms with van der Waals surface area (Å²) in [5, 5.41) is 4.31. The van der Waals surface area contributed by atoms with Crippen LogP contribution in [0.15, 0.2) is 12.3 Å². The van der Waals surface area contributed by atoms with E-state index in [1.165, 1.54) is 0 Å². The van der Waals surface area contributed by atoms with Gasteiger partial charge in [0, 0.05) is 50.7 Å². The van der Waals surface area contributed by atoms with Gasteiger partial charge in [-0.25, -0.2) is 9.97 Å². The van der Waals surface area contributed by atoms with Crippen LogP contribution in [0.1, 0.15) is 34.0 Å². The molecular formula is C17H25N7O. The zero-order chi connectivity index (χ0) is 18.1. The van der Waals surface area contributed by atoms with Crippen molar-refractivity contribution in [3.05, 3.63) is 35.0 Å². The van der Waals surface area contributed by atoms with E-state index in [2.05, 4.69) is 20.0 Å². The Labute approximate surface area is 147 Å². The predicted molar refractivity (Wildman–Crippen MR) is 95.3 cm³/mol. The number of rotatable bonds is 4. The molecule has 8 nitrogen and oxygen atoms in total. The third kappa shape index (κ3) is 3.63. The molecule has 1 atom stereocenters. The Hall–Kier alpha value is -2.48. The maximum Gasteiger partial charge on any atom is 0.291 e. The summed E-state index contributed by atoms with van der Waals surface area (Å²) >= 11 is 0. The highest BCUT2D eigenvalue weighted by Gasteiger charge is 2.25. The molecule has 8 heteroatoms. The second kappa shape index (κ2) is 6.79. The third-order valence-corrected chi connectivity index (χ3v) is 4.59. The standard InChI is InChI=1S/C17H25N7O/c1-11-12(2)19-15(20-16(11)24-8-5-13(18)9-24)17(25)22(3)10-14-6-7-23(4)21-14/h6-7,13H,5,8-10,18H2,1-4H3/t13-/m1/s1. The first kappa shape index (κ1) is 17.3. The molecule has 25 heavy (non-hydrogen) atoms. The highest BCUT2D eigenvalue weighted by atomic mass is 16.2. The van der Waals surface area contributed by atoms with Gasteiger partial charge in [0.15, 0.2) is 0 Å². The van der Waals surface area contributed by atoms with E-state index in [1.54, 1.807) is 16.6 Å². The molecule has 0 bridgehead atoms. The summed E-state index contributed by atoms with van der Waals surface area (Å²) < 4.78 is 1.72. The van der Waals surface area contributed by atoms with Gasteiger partial charge in [-0.15, -0.1) is 0 Å². The molecule has 1 aliphatic rings. The predicted octanol–water partition coefficient (Wildman–Crippen LogP) is 0.637. The van der Waals surface area contributed by atoms with E-state index in [4.69, 9.17) is 5.73 Å². The van der Waals surface area contributed by atoms with Crippen molar-refractivity contribution in [2.24, 2.45) is 12.8 Å². The Bertz CT molecular complexity index is 785. The molecule has 1 saturated heterocycles. The molecule has 1 amide bonds. The van der Waals surface area contributed by atoms with Gasteiger partial charge in [0.25, 0.3) is 5.91 Å². The summed E-state index contributed by atoms with van der Waals surface area (Å²) in [6.45, 7) is 5.93. The summed E-state index contributed by atoms with van der Waals surface area (Å²) in [5.74, 6) is 0.825. The Morgan fingerprint density at radius 3 is 2.76 bits per heavy atom. The zero-order valence-corrected chi connectivity index (χ0v) is 15.2. The quantitative estimate of drug-likeness (QED) is 0.875. The number of nitrogens with two attached hydrogens (primary N) is 1. The molecule has 0 unspecified atom stereocenters. The molecule has 0 aliphatic carbocycles. The summed E-state index contributed by atoms with van der Waals surface area (Å²) in [4.78, 5) is 25.5. The van der Waals surface area contributed by atoms with Gasteiger partial charge in [0.05, 0.1) is 12.2 Å². The van der Waals surface area contributed by atoms with E-state index in [9.17, 15) is 4.79 Å². The largest absolute Gasteiger partial charge is 0.355 e. The van der Waals surface area contributed by atoms with Crippen LogP contribution in [0.2, 0.25) is 0 Å². The smallest absolute Gasteiger partial charge is 0.291 e. The van der Waals surface area contributed by atoms with Crippen molar-refractivity contribution in [1.29, 1.82) is 0 Å². The molecule has 0 saturated carbocycles. The Balaban J connectivity index is 1.83. The molecular weight excluding hydrogens is 318 g/mol. The van der Waals surface area contributed by atoms with Crippen LogP contribution in [0.25, 0.3) is 0 Å².